The lowest BCUT2D eigenvalue weighted by Crippen LogP contribution is -2.61. The van der Waals surface area contributed by atoms with Crippen LogP contribution in [0.2, 0.25) is 0 Å². The zero-order valence-corrected chi connectivity index (χ0v) is 11.0. The summed E-state index contributed by atoms with van der Waals surface area (Å²) in [5.74, 6) is -1.12. The van der Waals surface area contributed by atoms with Gasteiger partial charge < -0.3 is 5.32 Å². The number of piperidine rings is 1. The third-order valence-corrected chi connectivity index (χ3v) is 5.72. The monoisotopic (exact) mass is 275 g/mol. The fourth-order valence-corrected chi connectivity index (χ4v) is 4.28. The summed E-state index contributed by atoms with van der Waals surface area (Å²) >= 11 is 0. The molecule has 18 heavy (non-hydrogen) atoms. The van der Waals surface area contributed by atoms with Crippen LogP contribution in [0.15, 0.2) is 0 Å². The fraction of sp³-hybridized carbons (Fsp3) is 0.800. The average Bonchev–Trinajstić information content (AvgIpc) is 2.34. The van der Waals surface area contributed by atoms with E-state index in [0.717, 1.165) is 17.3 Å². The Morgan fingerprint density at radius 1 is 1.33 bits per heavy atom. The molecule has 2 rings (SSSR count). The molecule has 2 amide bonds. The third-order valence-electron chi connectivity index (χ3n) is 3.37. The normalized spacial score (nSPS) is 31.2. The number of hydrogen-bond acceptors (Lipinski definition) is 5. The number of carbonyl (C=O) groups excluding carboxylic acids is 2. The summed E-state index contributed by atoms with van der Waals surface area (Å²) in [4.78, 5) is 22.8. The molecule has 2 saturated heterocycles. The second-order valence-electron chi connectivity index (χ2n) is 4.65. The van der Waals surface area contributed by atoms with Crippen LogP contribution in [0.3, 0.4) is 0 Å². The van der Waals surface area contributed by atoms with Crippen LogP contribution in [0.5, 0.6) is 0 Å². The van der Waals surface area contributed by atoms with Gasteiger partial charge in [-0.2, -0.15) is 4.31 Å². The van der Waals surface area contributed by atoms with Gasteiger partial charge in [-0.1, -0.05) is 0 Å². The molecule has 0 spiro atoms. The number of imide groups is 1. The molecule has 2 aliphatic rings. The van der Waals surface area contributed by atoms with E-state index in [1.54, 1.807) is 0 Å². The van der Waals surface area contributed by atoms with Gasteiger partial charge in [-0.3, -0.25) is 14.9 Å². The first-order valence-electron chi connectivity index (χ1n) is 5.98. The van der Waals surface area contributed by atoms with Crippen LogP contribution in [0.1, 0.15) is 19.8 Å². The number of rotatable bonds is 2. The van der Waals surface area contributed by atoms with Crippen LogP contribution >= 0.6 is 0 Å². The molecule has 0 aromatic rings. The van der Waals surface area contributed by atoms with Crippen molar-refractivity contribution >= 4 is 21.8 Å². The van der Waals surface area contributed by atoms with Gasteiger partial charge in [0.15, 0.2) is 0 Å². The Morgan fingerprint density at radius 3 is 2.67 bits per heavy atom. The lowest BCUT2D eigenvalue weighted by molar-refractivity contribution is -0.136. The Bertz CT molecular complexity index is 456. The molecule has 0 aliphatic carbocycles. The van der Waals surface area contributed by atoms with Crippen molar-refractivity contribution < 1.29 is 18.0 Å². The van der Waals surface area contributed by atoms with Gasteiger partial charge in [-0.05, 0) is 26.3 Å². The maximum absolute atomic E-state index is 12.4. The zero-order valence-electron chi connectivity index (χ0n) is 10.2. The van der Waals surface area contributed by atoms with Gasteiger partial charge >= 0.3 is 0 Å². The molecule has 8 heteroatoms. The van der Waals surface area contributed by atoms with Crippen molar-refractivity contribution in [2.24, 2.45) is 0 Å². The molecule has 2 heterocycles. The Balaban J connectivity index is 2.22. The molecule has 2 unspecified atom stereocenters. The molecule has 0 saturated carbocycles. The van der Waals surface area contributed by atoms with Crippen LogP contribution in [0, 0.1) is 0 Å². The third kappa shape index (κ3) is 2.40. The van der Waals surface area contributed by atoms with E-state index in [0.29, 0.717) is 13.0 Å². The van der Waals surface area contributed by atoms with Crippen LogP contribution in [0.4, 0.5) is 0 Å². The minimum atomic E-state index is -3.61. The van der Waals surface area contributed by atoms with Crippen molar-refractivity contribution in [3.05, 3.63) is 0 Å². The van der Waals surface area contributed by atoms with E-state index in [2.05, 4.69) is 10.6 Å². The smallest absolute Gasteiger partial charge is 0.244 e. The van der Waals surface area contributed by atoms with Gasteiger partial charge in [0.05, 0.1) is 11.8 Å². The Labute approximate surface area is 106 Å². The summed E-state index contributed by atoms with van der Waals surface area (Å²) in [6, 6.07) is -0.824. The summed E-state index contributed by atoms with van der Waals surface area (Å²) < 4.78 is 25.8. The molecule has 2 N–H and O–H groups in total. The van der Waals surface area contributed by atoms with E-state index in [1.165, 1.54) is 6.92 Å². The van der Waals surface area contributed by atoms with E-state index < -0.39 is 33.1 Å². The van der Waals surface area contributed by atoms with Gasteiger partial charge in [0.1, 0.15) is 6.04 Å². The van der Waals surface area contributed by atoms with Crippen LogP contribution < -0.4 is 10.6 Å². The number of sulfonamides is 1. The van der Waals surface area contributed by atoms with E-state index in [4.69, 9.17) is 0 Å². The maximum atomic E-state index is 12.4. The van der Waals surface area contributed by atoms with Crippen molar-refractivity contribution in [1.82, 2.24) is 14.9 Å². The lowest BCUT2D eigenvalue weighted by atomic mass is 10.2. The number of piperazine rings is 1. The van der Waals surface area contributed by atoms with E-state index in [-0.39, 0.29) is 6.54 Å². The first-order chi connectivity index (χ1) is 8.43. The van der Waals surface area contributed by atoms with Crippen LogP contribution in [-0.2, 0) is 19.6 Å². The Hall–Kier alpha value is -0.990. The summed E-state index contributed by atoms with van der Waals surface area (Å²) in [6.07, 6.45) is 1.35. The summed E-state index contributed by atoms with van der Waals surface area (Å²) in [5, 5.41) is 4.61. The van der Waals surface area contributed by atoms with E-state index in [9.17, 15) is 18.0 Å². The highest BCUT2D eigenvalue weighted by molar-refractivity contribution is 7.89. The van der Waals surface area contributed by atoms with Crippen molar-refractivity contribution in [2.75, 3.05) is 19.6 Å². The highest BCUT2D eigenvalue weighted by Crippen LogP contribution is 2.20. The second kappa shape index (κ2) is 4.94. The average molecular weight is 275 g/mol. The lowest BCUT2D eigenvalue weighted by Gasteiger charge is -2.34. The summed E-state index contributed by atoms with van der Waals surface area (Å²) in [7, 11) is -3.61. The molecule has 7 nitrogen and oxygen atoms in total. The molecular formula is C10H17N3O4S. The predicted molar refractivity (Wildman–Crippen MR) is 64.1 cm³/mol. The number of nitrogens with zero attached hydrogens (tertiary/aromatic N) is 1. The molecule has 102 valence electrons. The minimum absolute atomic E-state index is 0.272. The zero-order chi connectivity index (χ0) is 13.3. The number of amides is 2. The van der Waals surface area contributed by atoms with Crippen LogP contribution in [-0.4, -0.2) is 55.5 Å². The number of nitrogens with one attached hydrogen (secondary N) is 2. The summed E-state index contributed by atoms with van der Waals surface area (Å²) in [6.45, 7) is 2.41. The van der Waals surface area contributed by atoms with E-state index in [1.807, 2.05) is 0 Å². The molecule has 2 aliphatic heterocycles. The summed E-state index contributed by atoms with van der Waals surface area (Å²) in [5.41, 5.74) is 0. The van der Waals surface area contributed by atoms with E-state index >= 15 is 0 Å². The quantitative estimate of drug-likeness (QED) is 0.593. The molecule has 2 fully saturated rings. The topological polar surface area (TPSA) is 95.6 Å². The van der Waals surface area contributed by atoms with Gasteiger partial charge in [0.2, 0.25) is 21.8 Å². The fourth-order valence-electron chi connectivity index (χ4n) is 2.27. The first-order valence-corrected chi connectivity index (χ1v) is 7.48. The van der Waals surface area contributed by atoms with Crippen molar-refractivity contribution in [1.29, 1.82) is 0 Å². The highest BCUT2D eigenvalue weighted by Gasteiger charge is 2.42. The molecule has 0 aromatic carbocycles. The minimum Gasteiger partial charge on any atom is -0.315 e. The van der Waals surface area contributed by atoms with Gasteiger partial charge in [-0.25, -0.2) is 8.42 Å². The van der Waals surface area contributed by atoms with Crippen molar-refractivity contribution in [3.63, 3.8) is 0 Å². The standard InChI is InChI=1S/C10H17N3O4S/c1-7-10(15)12-9(14)6-13(7)18(16,17)8-3-2-4-11-5-8/h7-8,11H,2-6H2,1H3,(H,12,14,15). The van der Waals surface area contributed by atoms with Gasteiger partial charge in [0, 0.05) is 6.54 Å². The number of carbonyl (C=O) groups is 2. The van der Waals surface area contributed by atoms with Crippen molar-refractivity contribution in [3.8, 4) is 0 Å². The molecular weight excluding hydrogens is 258 g/mol. The first kappa shape index (κ1) is 13.4. The van der Waals surface area contributed by atoms with Gasteiger partial charge in [-0.15, -0.1) is 0 Å². The second-order valence-corrected chi connectivity index (χ2v) is 6.81. The van der Waals surface area contributed by atoms with Gasteiger partial charge in [0.25, 0.3) is 0 Å². The Morgan fingerprint density at radius 2 is 2.06 bits per heavy atom. The highest BCUT2D eigenvalue weighted by atomic mass is 32.2. The SMILES string of the molecule is CC1C(=O)NC(=O)CN1S(=O)(=O)C1CCCNC1. The maximum Gasteiger partial charge on any atom is 0.244 e. The molecule has 0 bridgehead atoms. The van der Waals surface area contributed by atoms with Crippen molar-refractivity contribution in [2.45, 2.75) is 31.1 Å². The largest absolute Gasteiger partial charge is 0.315 e. The molecule has 0 radical (unpaired) electrons. The predicted octanol–water partition coefficient (Wildman–Crippen LogP) is -1.58. The molecule has 0 aromatic heterocycles. The van der Waals surface area contributed by atoms with Crippen LogP contribution in [0.25, 0.3) is 0 Å². The number of hydrogen-bond donors (Lipinski definition) is 2. The Kier molecular flexibility index (Phi) is 3.69. The molecule has 2 atom stereocenters.